The van der Waals surface area contributed by atoms with E-state index in [-0.39, 0.29) is 5.92 Å². The Labute approximate surface area is 117 Å². The van der Waals surface area contributed by atoms with Crippen LogP contribution in [0.4, 0.5) is 5.82 Å². The third-order valence-electron chi connectivity index (χ3n) is 2.83. The Morgan fingerprint density at radius 2 is 1.94 bits per heavy atom. The molecule has 0 bridgehead atoms. The number of anilines is 1. The van der Waals surface area contributed by atoms with Gasteiger partial charge < -0.3 is 5.73 Å². The van der Waals surface area contributed by atoms with Crippen molar-refractivity contribution in [2.75, 3.05) is 5.73 Å². The lowest BCUT2D eigenvalue weighted by Crippen LogP contribution is -2.02. The van der Waals surface area contributed by atoms with Crippen molar-refractivity contribution < 1.29 is 0 Å². The van der Waals surface area contributed by atoms with Gasteiger partial charge in [-0.3, -0.25) is 0 Å². The molecule has 2 N–H and O–H groups in total. The van der Waals surface area contributed by atoms with E-state index in [1.165, 1.54) is 0 Å². The number of hydrogen-bond donors (Lipinski definition) is 1. The molecule has 3 nitrogen and oxygen atoms in total. The van der Waals surface area contributed by atoms with E-state index in [0.717, 1.165) is 16.9 Å². The van der Waals surface area contributed by atoms with Crippen molar-refractivity contribution in [3.8, 4) is 5.69 Å². The zero-order valence-electron chi connectivity index (χ0n) is 10.5. The van der Waals surface area contributed by atoms with Gasteiger partial charge in [0, 0.05) is 5.02 Å². The number of nitrogen functional groups attached to an aromatic ring is 1. The van der Waals surface area contributed by atoms with Crippen LogP contribution in [0.1, 0.15) is 31.0 Å². The van der Waals surface area contributed by atoms with Crippen LogP contribution >= 0.6 is 23.2 Å². The predicted molar refractivity (Wildman–Crippen MR) is 76.8 cm³/mol. The van der Waals surface area contributed by atoms with Gasteiger partial charge >= 0.3 is 0 Å². The van der Waals surface area contributed by atoms with E-state index in [2.05, 4.69) is 5.10 Å². The minimum atomic E-state index is 0.224. The molecular formula is C13H15Cl2N3. The van der Waals surface area contributed by atoms with Gasteiger partial charge in [-0.05, 0) is 30.5 Å². The first-order chi connectivity index (χ1) is 8.41. The Morgan fingerprint density at radius 1 is 1.28 bits per heavy atom. The van der Waals surface area contributed by atoms with E-state index >= 15 is 0 Å². The molecule has 0 amide bonds. The van der Waals surface area contributed by atoms with Crippen molar-refractivity contribution in [1.29, 1.82) is 0 Å². The molecule has 2 aromatic rings. The summed E-state index contributed by atoms with van der Waals surface area (Å²) in [5.41, 5.74) is 8.62. The van der Waals surface area contributed by atoms with E-state index in [0.29, 0.717) is 15.9 Å². The van der Waals surface area contributed by atoms with Gasteiger partial charge in [-0.1, -0.05) is 43.1 Å². The van der Waals surface area contributed by atoms with Crippen molar-refractivity contribution >= 4 is 29.0 Å². The highest BCUT2D eigenvalue weighted by Gasteiger charge is 2.17. The molecule has 2 rings (SSSR count). The highest BCUT2D eigenvalue weighted by Crippen LogP contribution is 2.31. The number of nitrogens with zero attached hydrogens (tertiary/aromatic N) is 2. The Morgan fingerprint density at radius 3 is 2.44 bits per heavy atom. The first-order valence-corrected chi connectivity index (χ1v) is 6.47. The average molecular weight is 284 g/mol. The van der Waals surface area contributed by atoms with Gasteiger partial charge in [0.05, 0.1) is 11.4 Å². The Bertz CT molecular complexity index is 588. The molecule has 0 unspecified atom stereocenters. The van der Waals surface area contributed by atoms with Gasteiger partial charge in [0.15, 0.2) is 0 Å². The summed E-state index contributed by atoms with van der Waals surface area (Å²) in [5.74, 6) is 0.669. The fraction of sp³-hybridized carbons (Fsp3) is 0.308. The fourth-order valence-corrected chi connectivity index (χ4v) is 2.22. The number of aromatic nitrogens is 2. The second kappa shape index (κ2) is 4.82. The minimum Gasteiger partial charge on any atom is -0.382 e. The predicted octanol–water partition coefficient (Wildman–Crippen LogP) is 4.19. The van der Waals surface area contributed by atoms with E-state index < -0.39 is 0 Å². The molecule has 0 radical (unpaired) electrons. The maximum absolute atomic E-state index is 6.19. The lowest BCUT2D eigenvalue weighted by molar-refractivity contribution is 0.771. The topological polar surface area (TPSA) is 43.8 Å². The van der Waals surface area contributed by atoms with Gasteiger partial charge in [-0.2, -0.15) is 5.10 Å². The van der Waals surface area contributed by atoms with Crippen molar-refractivity contribution in [3.63, 3.8) is 0 Å². The molecule has 0 atom stereocenters. The van der Waals surface area contributed by atoms with Crippen molar-refractivity contribution in [1.82, 2.24) is 9.78 Å². The summed E-state index contributed by atoms with van der Waals surface area (Å²) in [7, 11) is 0. The van der Waals surface area contributed by atoms with Gasteiger partial charge in [-0.15, -0.1) is 0 Å². The van der Waals surface area contributed by atoms with Crippen LogP contribution in [0.25, 0.3) is 5.69 Å². The molecule has 18 heavy (non-hydrogen) atoms. The molecule has 1 aromatic carbocycles. The number of halogens is 2. The third-order valence-corrected chi connectivity index (χ3v) is 3.63. The summed E-state index contributed by atoms with van der Waals surface area (Å²) in [6.07, 6.45) is 0. The summed E-state index contributed by atoms with van der Waals surface area (Å²) in [6.45, 7) is 6.01. The fourth-order valence-electron chi connectivity index (χ4n) is 1.71. The number of rotatable bonds is 2. The zero-order chi connectivity index (χ0) is 13.4. The highest BCUT2D eigenvalue weighted by molar-refractivity contribution is 6.33. The molecule has 0 aliphatic rings. The summed E-state index contributed by atoms with van der Waals surface area (Å²) in [6, 6.07) is 5.69. The van der Waals surface area contributed by atoms with E-state index in [1.807, 2.05) is 39.0 Å². The lowest BCUT2D eigenvalue weighted by Gasteiger charge is -2.06. The molecule has 0 saturated heterocycles. The van der Waals surface area contributed by atoms with Gasteiger partial charge in [0.1, 0.15) is 10.8 Å². The summed E-state index contributed by atoms with van der Waals surface area (Å²) < 4.78 is 1.63. The molecule has 1 aromatic heterocycles. The molecule has 96 valence electrons. The van der Waals surface area contributed by atoms with Gasteiger partial charge in [0.25, 0.3) is 0 Å². The molecule has 1 heterocycles. The summed E-state index contributed by atoms with van der Waals surface area (Å²) in [4.78, 5) is 0. The van der Waals surface area contributed by atoms with Crippen LogP contribution in [0.5, 0.6) is 0 Å². The van der Waals surface area contributed by atoms with Crippen LogP contribution in [0.2, 0.25) is 10.0 Å². The van der Waals surface area contributed by atoms with Crippen LogP contribution in [0, 0.1) is 6.92 Å². The number of benzene rings is 1. The van der Waals surface area contributed by atoms with E-state index in [9.17, 15) is 0 Å². The maximum Gasteiger partial charge on any atom is 0.146 e. The number of nitrogens with two attached hydrogens (primary N) is 1. The van der Waals surface area contributed by atoms with Crippen LogP contribution in [0.15, 0.2) is 18.2 Å². The van der Waals surface area contributed by atoms with Crippen molar-refractivity contribution in [2.24, 2.45) is 0 Å². The van der Waals surface area contributed by atoms with Crippen LogP contribution < -0.4 is 5.73 Å². The quantitative estimate of drug-likeness (QED) is 0.898. The average Bonchev–Trinajstić information content (AvgIpc) is 2.60. The van der Waals surface area contributed by atoms with E-state index in [4.69, 9.17) is 28.9 Å². The second-order valence-electron chi connectivity index (χ2n) is 4.58. The highest BCUT2D eigenvalue weighted by atomic mass is 35.5. The zero-order valence-corrected chi connectivity index (χ0v) is 12.0. The molecule has 0 fully saturated rings. The maximum atomic E-state index is 6.19. The smallest absolute Gasteiger partial charge is 0.146 e. The van der Waals surface area contributed by atoms with E-state index in [1.54, 1.807) is 4.68 Å². The lowest BCUT2D eigenvalue weighted by atomic mass is 10.1. The molecule has 0 saturated carbocycles. The monoisotopic (exact) mass is 283 g/mol. The first-order valence-electron chi connectivity index (χ1n) is 5.72. The molecule has 0 aliphatic carbocycles. The summed E-state index contributed by atoms with van der Waals surface area (Å²) >= 11 is 12.3. The Hall–Kier alpha value is -1.19. The molecular weight excluding hydrogens is 269 g/mol. The van der Waals surface area contributed by atoms with Crippen molar-refractivity contribution in [3.05, 3.63) is 39.5 Å². The van der Waals surface area contributed by atoms with Crippen LogP contribution in [-0.4, -0.2) is 9.78 Å². The van der Waals surface area contributed by atoms with Gasteiger partial charge in [0.2, 0.25) is 0 Å². The SMILES string of the molecule is Cc1ccc(-n2nc(C(C)C)c(Cl)c2N)cc1Cl. The van der Waals surface area contributed by atoms with Crippen LogP contribution in [-0.2, 0) is 0 Å². The molecule has 5 heteroatoms. The number of hydrogen-bond acceptors (Lipinski definition) is 2. The minimum absolute atomic E-state index is 0.224. The first kappa shape index (κ1) is 13.2. The second-order valence-corrected chi connectivity index (χ2v) is 5.37. The standard InChI is InChI=1S/C13H15Cl2N3/c1-7(2)12-11(15)13(16)18(17-12)9-5-4-8(3)10(14)6-9/h4-7H,16H2,1-3H3. The normalized spacial score (nSPS) is 11.2. The summed E-state index contributed by atoms with van der Waals surface area (Å²) in [5, 5.41) is 5.65. The van der Waals surface area contributed by atoms with Crippen LogP contribution in [0.3, 0.4) is 0 Å². The van der Waals surface area contributed by atoms with Gasteiger partial charge in [-0.25, -0.2) is 4.68 Å². The Balaban J connectivity index is 2.57. The third kappa shape index (κ3) is 2.20. The molecule has 0 aliphatic heterocycles. The number of aryl methyl sites for hydroxylation is 1. The van der Waals surface area contributed by atoms with Crippen molar-refractivity contribution in [2.45, 2.75) is 26.7 Å². The largest absolute Gasteiger partial charge is 0.382 e. The molecule has 0 spiro atoms. The Kier molecular flexibility index (Phi) is 3.55.